The Labute approximate surface area is 128 Å². The average molecular weight is 295 g/mol. The normalized spacial score (nSPS) is 12.4. The molecule has 5 nitrogen and oxygen atoms in total. The van der Waals surface area contributed by atoms with Gasteiger partial charge in [-0.05, 0) is 47.5 Å². The van der Waals surface area contributed by atoms with Crippen LogP contribution in [0.5, 0.6) is 0 Å². The van der Waals surface area contributed by atoms with Crippen molar-refractivity contribution >= 4 is 6.09 Å². The van der Waals surface area contributed by atoms with E-state index in [4.69, 9.17) is 4.74 Å². The topological polar surface area (TPSA) is 58.2 Å². The fourth-order valence-electron chi connectivity index (χ4n) is 2.04. The van der Waals surface area contributed by atoms with Crippen molar-refractivity contribution in [2.75, 3.05) is 7.05 Å². The third-order valence-electron chi connectivity index (χ3n) is 3.64. The number of nitrogens with zero attached hydrogens (tertiary/aromatic N) is 2. The Morgan fingerprint density at radius 3 is 2.14 bits per heavy atom. The van der Waals surface area contributed by atoms with Crippen LogP contribution in [0.25, 0.3) is 0 Å². The Morgan fingerprint density at radius 2 is 1.76 bits per heavy atom. The lowest BCUT2D eigenvalue weighted by Crippen LogP contribution is -2.45. The van der Waals surface area contributed by atoms with Crippen molar-refractivity contribution in [2.24, 2.45) is 0 Å². The maximum atomic E-state index is 12.3. The Balaban J connectivity index is 3.03. The number of hydrogen-bond donors (Lipinski definition) is 1. The summed E-state index contributed by atoms with van der Waals surface area (Å²) < 4.78 is 5.44. The lowest BCUT2D eigenvalue weighted by Gasteiger charge is -2.35. The Hall–Kier alpha value is -1.52. The van der Waals surface area contributed by atoms with Crippen molar-refractivity contribution in [3.05, 3.63) is 17.2 Å². The van der Waals surface area contributed by atoms with E-state index >= 15 is 0 Å². The van der Waals surface area contributed by atoms with E-state index < -0.39 is 11.1 Å². The number of carbonyl (C=O) groups excluding carboxylic acids is 1. The third kappa shape index (κ3) is 3.99. The molecule has 0 aliphatic rings. The van der Waals surface area contributed by atoms with Crippen molar-refractivity contribution in [3.8, 4) is 0 Å². The van der Waals surface area contributed by atoms with E-state index in [1.165, 1.54) is 0 Å². The van der Waals surface area contributed by atoms with Gasteiger partial charge in [-0.3, -0.25) is 4.90 Å². The highest BCUT2D eigenvalue weighted by Crippen LogP contribution is 2.27. The highest BCUT2D eigenvalue weighted by Gasteiger charge is 2.35. The minimum atomic E-state index is -0.556. The summed E-state index contributed by atoms with van der Waals surface area (Å²) in [6.45, 7) is 13.7. The van der Waals surface area contributed by atoms with E-state index in [2.05, 4.69) is 23.8 Å². The molecule has 1 heterocycles. The minimum absolute atomic E-state index is 0.347. The molecule has 0 fully saturated rings. The summed E-state index contributed by atoms with van der Waals surface area (Å²) in [6.07, 6.45) is 1.44. The second-order valence-electron chi connectivity index (χ2n) is 6.82. The first-order valence-electron chi connectivity index (χ1n) is 7.58. The van der Waals surface area contributed by atoms with Crippen molar-refractivity contribution < 1.29 is 9.53 Å². The fourth-order valence-corrected chi connectivity index (χ4v) is 2.04. The van der Waals surface area contributed by atoms with Crippen LogP contribution in [0, 0.1) is 0 Å². The van der Waals surface area contributed by atoms with Gasteiger partial charge in [-0.1, -0.05) is 13.8 Å². The number of carbonyl (C=O) groups is 1. The molecule has 0 aliphatic heterocycles. The number of rotatable bonds is 4. The number of aromatic amines is 1. The Morgan fingerprint density at radius 1 is 1.19 bits per heavy atom. The van der Waals surface area contributed by atoms with Crippen LogP contribution < -0.4 is 0 Å². The Kier molecular flexibility index (Phi) is 5.07. The summed E-state index contributed by atoms with van der Waals surface area (Å²) >= 11 is 0. The number of amides is 1. The second-order valence-corrected chi connectivity index (χ2v) is 6.82. The van der Waals surface area contributed by atoms with E-state index in [1.807, 2.05) is 34.6 Å². The molecule has 5 heteroatoms. The summed E-state index contributed by atoms with van der Waals surface area (Å²) in [5.74, 6) is 0.796. The van der Waals surface area contributed by atoms with E-state index in [0.29, 0.717) is 0 Å². The van der Waals surface area contributed by atoms with Gasteiger partial charge in [0.1, 0.15) is 11.4 Å². The SMILES string of the molecule is CCc1nc(C(C)(C)N(C)C(=O)OC(C)(C)C)[nH]c1CC. The number of H-pyrrole nitrogens is 1. The van der Waals surface area contributed by atoms with Crippen LogP contribution in [0.1, 0.15) is 65.7 Å². The predicted molar refractivity (Wildman–Crippen MR) is 84.4 cm³/mol. The first kappa shape index (κ1) is 17.5. The van der Waals surface area contributed by atoms with Crippen molar-refractivity contribution in [2.45, 2.75) is 72.4 Å². The monoisotopic (exact) mass is 295 g/mol. The molecule has 120 valence electrons. The van der Waals surface area contributed by atoms with Gasteiger partial charge in [0.15, 0.2) is 0 Å². The molecule has 0 spiro atoms. The molecule has 0 bridgehead atoms. The van der Waals surface area contributed by atoms with Gasteiger partial charge in [0.25, 0.3) is 0 Å². The number of aromatic nitrogens is 2. The van der Waals surface area contributed by atoms with E-state index in [9.17, 15) is 4.79 Å². The summed E-state index contributed by atoms with van der Waals surface area (Å²) in [6, 6.07) is 0. The van der Waals surface area contributed by atoms with Crippen LogP contribution in [0.4, 0.5) is 4.79 Å². The lowest BCUT2D eigenvalue weighted by atomic mass is 10.0. The first-order valence-corrected chi connectivity index (χ1v) is 7.58. The molecule has 1 aromatic heterocycles. The fraction of sp³-hybridized carbons (Fsp3) is 0.750. The van der Waals surface area contributed by atoms with Gasteiger partial charge >= 0.3 is 6.09 Å². The number of imidazole rings is 1. The van der Waals surface area contributed by atoms with Crippen LogP contribution in [-0.4, -0.2) is 33.6 Å². The van der Waals surface area contributed by atoms with Gasteiger partial charge in [-0.15, -0.1) is 0 Å². The summed E-state index contributed by atoms with van der Waals surface area (Å²) in [7, 11) is 1.74. The quantitative estimate of drug-likeness (QED) is 0.922. The second kappa shape index (κ2) is 6.08. The van der Waals surface area contributed by atoms with Crippen LogP contribution >= 0.6 is 0 Å². The van der Waals surface area contributed by atoms with E-state index in [0.717, 1.165) is 30.1 Å². The van der Waals surface area contributed by atoms with Gasteiger partial charge in [-0.2, -0.15) is 0 Å². The van der Waals surface area contributed by atoms with Gasteiger partial charge < -0.3 is 9.72 Å². The molecule has 0 aliphatic carbocycles. The zero-order chi connectivity index (χ0) is 16.4. The van der Waals surface area contributed by atoms with Crippen molar-refractivity contribution in [1.29, 1.82) is 0 Å². The number of ether oxygens (including phenoxy) is 1. The summed E-state index contributed by atoms with van der Waals surface area (Å²) in [5.41, 5.74) is 1.14. The molecule has 21 heavy (non-hydrogen) atoms. The zero-order valence-electron chi connectivity index (χ0n) is 14.6. The molecule has 0 atom stereocenters. The highest BCUT2D eigenvalue weighted by atomic mass is 16.6. The maximum Gasteiger partial charge on any atom is 0.410 e. The average Bonchev–Trinajstić information content (AvgIpc) is 2.79. The smallest absolute Gasteiger partial charge is 0.410 e. The molecule has 1 N–H and O–H groups in total. The molecule has 0 saturated heterocycles. The largest absolute Gasteiger partial charge is 0.444 e. The van der Waals surface area contributed by atoms with Gasteiger partial charge in [-0.25, -0.2) is 9.78 Å². The molecule has 0 aromatic carbocycles. The zero-order valence-corrected chi connectivity index (χ0v) is 14.6. The maximum absolute atomic E-state index is 12.3. The van der Waals surface area contributed by atoms with E-state index in [-0.39, 0.29) is 6.09 Å². The number of aryl methyl sites for hydroxylation is 2. The van der Waals surface area contributed by atoms with Crippen LogP contribution in [-0.2, 0) is 23.1 Å². The molecule has 1 aromatic rings. The molecular weight excluding hydrogens is 266 g/mol. The predicted octanol–water partition coefficient (Wildman–Crippen LogP) is 3.64. The van der Waals surface area contributed by atoms with E-state index in [1.54, 1.807) is 11.9 Å². The van der Waals surface area contributed by atoms with Crippen LogP contribution in [0.15, 0.2) is 0 Å². The van der Waals surface area contributed by atoms with Gasteiger partial charge in [0, 0.05) is 12.7 Å². The molecule has 1 rings (SSSR count). The molecule has 0 unspecified atom stereocenters. The van der Waals surface area contributed by atoms with Crippen LogP contribution in [0.2, 0.25) is 0 Å². The highest BCUT2D eigenvalue weighted by molar-refractivity contribution is 5.68. The first-order chi connectivity index (χ1) is 9.52. The summed E-state index contributed by atoms with van der Waals surface area (Å²) in [4.78, 5) is 21.9. The Bertz CT molecular complexity index is 477. The third-order valence-corrected chi connectivity index (χ3v) is 3.64. The molecule has 0 radical (unpaired) electrons. The van der Waals surface area contributed by atoms with Crippen molar-refractivity contribution in [1.82, 2.24) is 14.9 Å². The minimum Gasteiger partial charge on any atom is -0.444 e. The summed E-state index contributed by atoms with van der Waals surface area (Å²) in [5, 5.41) is 0. The van der Waals surface area contributed by atoms with Crippen LogP contribution in [0.3, 0.4) is 0 Å². The molecular formula is C16H29N3O2. The number of hydrogen-bond acceptors (Lipinski definition) is 3. The van der Waals surface area contributed by atoms with Crippen molar-refractivity contribution in [3.63, 3.8) is 0 Å². The lowest BCUT2D eigenvalue weighted by molar-refractivity contribution is 0.00903. The van der Waals surface area contributed by atoms with Gasteiger partial charge in [0.05, 0.1) is 11.2 Å². The molecule has 0 saturated carbocycles. The molecule has 1 amide bonds. The standard InChI is InChI=1S/C16H29N3O2/c1-9-11-12(10-2)18-13(17-11)16(6,7)19(8)14(20)21-15(3,4)5/h9-10H2,1-8H3,(H,17,18). The number of nitrogens with one attached hydrogen (secondary N) is 1. The van der Waals surface area contributed by atoms with Gasteiger partial charge in [0.2, 0.25) is 0 Å².